The highest BCUT2D eigenvalue weighted by Gasteiger charge is 2.09. The summed E-state index contributed by atoms with van der Waals surface area (Å²) in [5.41, 5.74) is 0. The van der Waals surface area contributed by atoms with Crippen LogP contribution in [0.25, 0.3) is 0 Å². The van der Waals surface area contributed by atoms with Gasteiger partial charge in [-0.15, -0.1) is 0 Å². The van der Waals surface area contributed by atoms with Gasteiger partial charge in [0.05, 0.1) is 18.5 Å². The standard InChI is InChI=1S/C8H19NO4S/c1-9(4-5-14(3,11)12)6-8(10)7-13-2/h8,10H,4-7H2,1-3H3. The van der Waals surface area contributed by atoms with Crippen molar-refractivity contribution < 1.29 is 18.3 Å². The summed E-state index contributed by atoms with van der Waals surface area (Å²) in [6, 6.07) is 0. The van der Waals surface area contributed by atoms with E-state index in [9.17, 15) is 13.5 Å². The van der Waals surface area contributed by atoms with Crippen molar-refractivity contribution in [2.24, 2.45) is 0 Å². The lowest BCUT2D eigenvalue weighted by Gasteiger charge is -2.19. The lowest BCUT2D eigenvalue weighted by Crippen LogP contribution is -2.34. The Hall–Kier alpha value is -0.170. The van der Waals surface area contributed by atoms with Gasteiger partial charge in [-0.25, -0.2) is 8.42 Å². The Morgan fingerprint density at radius 1 is 1.50 bits per heavy atom. The van der Waals surface area contributed by atoms with E-state index in [0.29, 0.717) is 13.1 Å². The van der Waals surface area contributed by atoms with Gasteiger partial charge in [-0.05, 0) is 7.05 Å². The van der Waals surface area contributed by atoms with E-state index in [-0.39, 0.29) is 12.4 Å². The molecule has 0 aliphatic carbocycles. The molecule has 0 aliphatic rings. The minimum absolute atomic E-state index is 0.114. The number of ether oxygens (including phenoxy) is 1. The van der Waals surface area contributed by atoms with Crippen molar-refractivity contribution >= 4 is 9.84 Å². The van der Waals surface area contributed by atoms with Gasteiger partial charge < -0.3 is 14.7 Å². The molecule has 0 spiro atoms. The van der Waals surface area contributed by atoms with Crippen molar-refractivity contribution in [2.75, 3.05) is 45.9 Å². The molecule has 0 heterocycles. The number of methoxy groups -OCH3 is 1. The Kier molecular flexibility index (Phi) is 6.26. The van der Waals surface area contributed by atoms with E-state index in [2.05, 4.69) is 0 Å². The van der Waals surface area contributed by atoms with Gasteiger partial charge in [-0.1, -0.05) is 0 Å². The van der Waals surface area contributed by atoms with Crippen molar-refractivity contribution in [3.05, 3.63) is 0 Å². The molecule has 0 aliphatic heterocycles. The van der Waals surface area contributed by atoms with Gasteiger partial charge in [0, 0.05) is 26.5 Å². The Bertz CT molecular complexity index is 240. The van der Waals surface area contributed by atoms with E-state index in [1.165, 1.54) is 13.4 Å². The van der Waals surface area contributed by atoms with Crippen molar-refractivity contribution in [2.45, 2.75) is 6.10 Å². The summed E-state index contributed by atoms with van der Waals surface area (Å²) in [4.78, 5) is 1.77. The highest BCUT2D eigenvalue weighted by Crippen LogP contribution is 1.92. The molecule has 0 rings (SSSR count). The summed E-state index contributed by atoms with van der Waals surface area (Å²) >= 11 is 0. The van der Waals surface area contributed by atoms with E-state index in [1.54, 1.807) is 11.9 Å². The first kappa shape index (κ1) is 13.8. The Labute approximate surface area is 85.6 Å². The van der Waals surface area contributed by atoms with Crippen LogP contribution in [-0.2, 0) is 14.6 Å². The number of aliphatic hydroxyl groups excluding tert-OH is 1. The molecule has 0 bridgehead atoms. The second-order valence-corrected chi connectivity index (χ2v) is 5.76. The highest BCUT2D eigenvalue weighted by molar-refractivity contribution is 7.90. The van der Waals surface area contributed by atoms with Crippen LogP contribution < -0.4 is 0 Å². The van der Waals surface area contributed by atoms with Gasteiger partial charge in [0.2, 0.25) is 0 Å². The molecule has 1 atom stereocenters. The molecule has 0 fully saturated rings. The molecule has 0 amide bonds. The maximum atomic E-state index is 10.8. The van der Waals surface area contributed by atoms with Crippen LogP contribution in [0.5, 0.6) is 0 Å². The summed E-state index contributed by atoms with van der Waals surface area (Å²) in [6.07, 6.45) is 0.636. The maximum absolute atomic E-state index is 10.8. The fourth-order valence-electron chi connectivity index (χ4n) is 1.02. The molecule has 0 radical (unpaired) electrons. The summed E-state index contributed by atoms with van der Waals surface area (Å²) in [5.74, 6) is 0.114. The van der Waals surface area contributed by atoms with Crippen LogP contribution in [0.3, 0.4) is 0 Å². The molecule has 1 N–H and O–H groups in total. The molecule has 14 heavy (non-hydrogen) atoms. The topological polar surface area (TPSA) is 66.8 Å². The molecule has 0 saturated heterocycles. The summed E-state index contributed by atoms with van der Waals surface area (Å²) in [7, 11) is 0.360. The van der Waals surface area contributed by atoms with E-state index in [0.717, 1.165) is 0 Å². The van der Waals surface area contributed by atoms with E-state index < -0.39 is 15.9 Å². The maximum Gasteiger partial charge on any atom is 0.148 e. The number of aliphatic hydroxyl groups is 1. The number of hydrogen-bond donors (Lipinski definition) is 1. The van der Waals surface area contributed by atoms with Gasteiger partial charge in [0.25, 0.3) is 0 Å². The fraction of sp³-hybridized carbons (Fsp3) is 1.00. The quantitative estimate of drug-likeness (QED) is 0.600. The van der Waals surface area contributed by atoms with Crippen LogP contribution in [0.15, 0.2) is 0 Å². The third-order valence-corrected chi connectivity index (χ3v) is 2.65. The van der Waals surface area contributed by atoms with Crippen molar-refractivity contribution in [1.82, 2.24) is 4.90 Å². The highest BCUT2D eigenvalue weighted by atomic mass is 32.2. The minimum Gasteiger partial charge on any atom is -0.389 e. The smallest absolute Gasteiger partial charge is 0.148 e. The monoisotopic (exact) mass is 225 g/mol. The molecule has 0 aromatic carbocycles. The zero-order valence-electron chi connectivity index (χ0n) is 8.93. The fourth-order valence-corrected chi connectivity index (χ4v) is 1.66. The average Bonchev–Trinajstić information content (AvgIpc) is 2.00. The lowest BCUT2D eigenvalue weighted by atomic mass is 10.3. The first-order chi connectivity index (χ1) is 6.35. The largest absolute Gasteiger partial charge is 0.389 e. The van der Waals surface area contributed by atoms with Crippen LogP contribution in [0.2, 0.25) is 0 Å². The first-order valence-electron chi connectivity index (χ1n) is 4.38. The van der Waals surface area contributed by atoms with Crippen LogP contribution in [0.4, 0.5) is 0 Å². The van der Waals surface area contributed by atoms with Crippen molar-refractivity contribution in [3.63, 3.8) is 0 Å². The molecule has 5 nitrogen and oxygen atoms in total. The minimum atomic E-state index is -2.92. The molecule has 0 aromatic heterocycles. The van der Waals surface area contributed by atoms with Crippen LogP contribution in [0, 0.1) is 0 Å². The number of hydrogen-bond acceptors (Lipinski definition) is 5. The molecule has 6 heteroatoms. The predicted molar refractivity (Wildman–Crippen MR) is 55.1 cm³/mol. The van der Waals surface area contributed by atoms with E-state index in [4.69, 9.17) is 4.74 Å². The molecular formula is C8H19NO4S. The Balaban J connectivity index is 3.70. The van der Waals surface area contributed by atoms with Crippen LogP contribution in [0.1, 0.15) is 0 Å². The molecular weight excluding hydrogens is 206 g/mol. The molecule has 0 aromatic rings. The van der Waals surface area contributed by atoms with Crippen molar-refractivity contribution in [1.29, 1.82) is 0 Å². The number of sulfone groups is 1. The lowest BCUT2D eigenvalue weighted by molar-refractivity contribution is 0.0444. The Morgan fingerprint density at radius 2 is 2.07 bits per heavy atom. The third kappa shape index (κ3) is 8.43. The summed E-state index contributed by atoms with van der Waals surface area (Å²) in [5, 5.41) is 9.33. The molecule has 86 valence electrons. The van der Waals surface area contributed by atoms with E-state index >= 15 is 0 Å². The predicted octanol–water partition coefficient (Wildman–Crippen LogP) is -1.03. The average molecular weight is 225 g/mol. The number of likely N-dealkylation sites (N-methyl/N-ethyl adjacent to an activating group) is 1. The SMILES string of the molecule is COCC(O)CN(C)CCS(C)(=O)=O. The van der Waals surface area contributed by atoms with Gasteiger partial charge in [-0.2, -0.15) is 0 Å². The van der Waals surface area contributed by atoms with Crippen molar-refractivity contribution in [3.8, 4) is 0 Å². The zero-order chi connectivity index (χ0) is 11.2. The van der Waals surface area contributed by atoms with Gasteiger partial charge >= 0.3 is 0 Å². The number of nitrogens with zero attached hydrogens (tertiary/aromatic N) is 1. The number of rotatable bonds is 7. The molecule has 0 saturated carbocycles. The van der Waals surface area contributed by atoms with Gasteiger partial charge in [0.1, 0.15) is 9.84 Å². The normalized spacial score (nSPS) is 14.6. The zero-order valence-corrected chi connectivity index (χ0v) is 9.75. The molecule has 1 unspecified atom stereocenters. The third-order valence-electron chi connectivity index (χ3n) is 1.73. The summed E-state index contributed by atoms with van der Waals surface area (Å²) in [6.45, 7) is 1.12. The second-order valence-electron chi connectivity index (χ2n) is 3.50. The Morgan fingerprint density at radius 3 is 2.50 bits per heavy atom. The van der Waals surface area contributed by atoms with Gasteiger partial charge in [-0.3, -0.25) is 0 Å². The van der Waals surface area contributed by atoms with Crippen LogP contribution in [-0.4, -0.2) is 70.4 Å². The second kappa shape index (κ2) is 6.34. The van der Waals surface area contributed by atoms with Crippen LogP contribution >= 0.6 is 0 Å². The van der Waals surface area contributed by atoms with E-state index in [1.807, 2.05) is 0 Å². The first-order valence-corrected chi connectivity index (χ1v) is 6.44. The van der Waals surface area contributed by atoms with Gasteiger partial charge in [0.15, 0.2) is 0 Å². The summed E-state index contributed by atoms with van der Waals surface area (Å²) < 4.78 is 26.4.